The number of hydrogen-bond donors (Lipinski definition) is 1. The van der Waals surface area contributed by atoms with E-state index in [1.54, 1.807) is 4.90 Å². The SMILES string of the molecule is CC(Cc1ccccn1)Nc1nc(N2CCN(C(=O)OC(C)(C)C)C(C)C2)nc2c1COCC2. The summed E-state index contributed by atoms with van der Waals surface area (Å²) in [6.07, 6.45) is 3.11. The average molecular weight is 469 g/mol. The molecule has 0 aliphatic carbocycles. The van der Waals surface area contributed by atoms with Crippen LogP contribution in [0.5, 0.6) is 0 Å². The molecule has 2 atom stereocenters. The van der Waals surface area contributed by atoms with Crippen molar-refractivity contribution in [2.75, 3.05) is 36.5 Å². The minimum Gasteiger partial charge on any atom is -0.444 e. The molecule has 1 fully saturated rings. The normalized spacial score (nSPS) is 19.4. The Kier molecular flexibility index (Phi) is 7.21. The molecule has 2 aliphatic rings. The van der Waals surface area contributed by atoms with Crippen molar-refractivity contribution in [3.8, 4) is 0 Å². The van der Waals surface area contributed by atoms with Crippen molar-refractivity contribution >= 4 is 17.9 Å². The van der Waals surface area contributed by atoms with Crippen molar-refractivity contribution in [1.29, 1.82) is 0 Å². The number of nitrogens with zero attached hydrogens (tertiary/aromatic N) is 5. The topological polar surface area (TPSA) is 92.7 Å². The molecule has 4 rings (SSSR count). The van der Waals surface area contributed by atoms with Crippen molar-refractivity contribution < 1.29 is 14.3 Å². The van der Waals surface area contributed by atoms with Gasteiger partial charge in [0.05, 0.1) is 18.9 Å². The summed E-state index contributed by atoms with van der Waals surface area (Å²) in [7, 11) is 0. The Morgan fingerprint density at radius 3 is 2.82 bits per heavy atom. The third kappa shape index (κ3) is 5.94. The van der Waals surface area contributed by atoms with Gasteiger partial charge in [0, 0.05) is 62.0 Å². The van der Waals surface area contributed by atoms with E-state index in [4.69, 9.17) is 19.4 Å². The first-order chi connectivity index (χ1) is 16.2. The Morgan fingerprint density at radius 1 is 1.29 bits per heavy atom. The van der Waals surface area contributed by atoms with Crippen LogP contribution in [0, 0.1) is 0 Å². The zero-order valence-corrected chi connectivity index (χ0v) is 20.9. The number of anilines is 2. The highest BCUT2D eigenvalue weighted by Crippen LogP contribution is 2.27. The van der Waals surface area contributed by atoms with E-state index in [1.165, 1.54) is 0 Å². The van der Waals surface area contributed by atoms with Crippen LogP contribution >= 0.6 is 0 Å². The predicted octanol–water partition coefficient (Wildman–Crippen LogP) is 3.43. The maximum Gasteiger partial charge on any atom is 0.410 e. The van der Waals surface area contributed by atoms with Gasteiger partial charge in [-0.2, -0.15) is 4.98 Å². The highest BCUT2D eigenvalue weighted by atomic mass is 16.6. The number of fused-ring (bicyclic) bond motifs is 1. The van der Waals surface area contributed by atoms with Gasteiger partial charge in [-0.1, -0.05) is 6.07 Å². The third-order valence-corrected chi connectivity index (χ3v) is 5.97. The Morgan fingerprint density at radius 2 is 2.12 bits per heavy atom. The Labute approximate surface area is 201 Å². The monoisotopic (exact) mass is 468 g/mol. The van der Waals surface area contributed by atoms with Crippen LogP contribution in [-0.4, -0.2) is 69.9 Å². The van der Waals surface area contributed by atoms with Crippen molar-refractivity contribution in [1.82, 2.24) is 19.9 Å². The van der Waals surface area contributed by atoms with E-state index < -0.39 is 5.60 Å². The minimum atomic E-state index is -0.510. The van der Waals surface area contributed by atoms with Gasteiger partial charge in [-0.15, -0.1) is 0 Å². The van der Waals surface area contributed by atoms with Gasteiger partial charge in [-0.3, -0.25) is 4.98 Å². The number of rotatable bonds is 5. The van der Waals surface area contributed by atoms with Gasteiger partial charge in [0.2, 0.25) is 5.95 Å². The molecule has 1 amide bonds. The summed E-state index contributed by atoms with van der Waals surface area (Å²) in [5.41, 5.74) is 2.59. The van der Waals surface area contributed by atoms with Crippen molar-refractivity contribution in [3.05, 3.63) is 41.3 Å². The molecule has 34 heavy (non-hydrogen) atoms. The Bertz CT molecular complexity index is 994. The van der Waals surface area contributed by atoms with E-state index in [1.807, 2.05) is 52.1 Å². The number of nitrogens with one attached hydrogen (secondary N) is 1. The number of carbonyl (C=O) groups excluding carboxylic acids is 1. The second-order valence-electron chi connectivity index (χ2n) is 10.1. The number of aromatic nitrogens is 3. The number of ether oxygens (including phenoxy) is 2. The molecule has 1 N–H and O–H groups in total. The Balaban J connectivity index is 1.50. The Hall–Kier alpha value is -2.94. The summed E-state index contributed by atoms with van der Waals surface area (Å²) in [5.74, 6) is 1.52. The largest absolute Gasteiger partial charge is 0.444 e. The van der Waals surface area contributed by atoms with Crippen LogP contribution in [0.4, 0.5) is 16.6 Å². The van der Waals surface area contributed by atoms with E-state index >= 15 is 0 Å². The lowest BCUT2D eigenvalue weighted by molar-refractivity contribution is 0.0158. The average Bonchev–Trinajstić information content (AvgIpc) is 2.78. The molecule has 184 valence electrons. The van der Waals surface area contributed by atoms with E-state index in [0.29, 0.717) is 38.8 Å². The minimum absolute atomic E-state index is 0.00828. The van der Waals surface area contributed by atoms with Crippen LogP contribution in [0.2, 0.25) is 0 Å². The molecular weight excluding hydrogens is 432 g/mol. The maximum atomic E-state index is 12.6. The molecule has 2 aliphatic heterocycles. The number of amides is 1. The van der Waals surface area contributed by atoms with Crippen LogP contribution < -0.4 is 10.2 Å². The molecule has 9 nitrogen and oxygen atoms in total. The quantitative estimate of drug-likeness (QED) is 0.714. The fourth-order valence-corrected chi connectivity index (χ4v) is 4.33. The first-order valence-corrected chi connectivity index (χ1v) is 12.1. The predicted molar refractivity (Wildman–Crippen MR) is 131 cm³/mol. The third-order valence-electron chi connectivity index (χ3n) is 5.97. The van der Waals surface area contributed by atoms with Crippen LogP contribution in [0.25, 0.3) is 0 Å². The summed E-state index contributed by atoms with van der Waals surface area (Å²) < 4.78 is 11.3. The van der Waals surface area contributed by atoms with Gasteiger partial charge in [0.1, 0.15) is 11.4 Å². The smallest absolute Gasteiger partial charge is 0.410 e. The van der Waals surface area contributed by atoms with E-state index in [2.05, 4.69) is 22.1 Å². The standard InChI is InChI=1S/C25H36N6O3/c1-17(14-19-8-6-7-10-26-19)27-22-20-16-33-13-9-21(20)28-23(29-22)30-11-12-31(18(2)15-30)24(32)34-25(3,4)5/h6-8,10,17-18H,9,11-16H2,1-5H3,(H,27,28,29). The summed E-state index contributed by atoms with van der Waals surface area (Å²) in [4.78, 5) is 30.8. The summed E-state index contributed by atoms with van der Waals surface area (Å²) in [6, 6.07) is 6.10. The first-order valence-electron chi connectivity index (χ1n) is 12.1. The molecule has 2 aromatic rings. The molecule has 0 bridgehead atoms. The number of piperazine rings is 1. The molecule has 1 saturated heterocycles. The highest BCUT2D eigenvalue weighted by molar-refractivity contribution is 5.69. The van der Waals surface area contributed by atoms with Crippen molar-refractivity contribution in [2.45, 2.75) is 71.8 Å². The molecule has 0 saturated carbocycles. The van der Waals surface area contributed by atoms with Gasteiger partial charge < -0.3 is 24.6 Å². The molecule has 4 heterocycles. The fourth-order valence-electron chi connectivity index (χ4n) is 4.33. The van der Waals surface area contributed by atoms with Crippen LogP contribution in [-0.2, 0) is 28.9 Å². The summed E-state index contributed by atoms with van der Waals surface area (Å²) in [6.45, 7) is 12.9. The van der Waals surface area contributed by atoms with E-state index in [0.717, 1.165) is 35.6 Å². The van der Waals surface area contributed by atoms with E-state index in [-0.39, 0.29) is 18.2 Å². The lowest BCUT2D eigenvalue weighted by atomic mass is 10.1. The van der Waals surface area contributed by atoms with Gasteiger partial charge in [0.25, 0.3) is 0 Å². The molecule has 0 aromatic carbocycles. The van der Waals surface area contributed by atoms with Gasteiger partial charge in [-0.05, 0) is 46.8 Å². The van der Waals surface area contributed by atoms with Crippen LogP contribution in [0.3, 0.4) is 0 Å². The molecular formula is C25H36N6O3. The maximum absolute atomic E-state index is 12.6. The summed E-state index contributed by atoms with van der Waals surface area (Å²) >= 11 is 0. The van der Waals surface area contributed by atoms with Gasteiger partial charge >= 0.3 is 6.09 Å². The van der Waals surface area contributed by atoms with E-state index in [9.17, 15) is 4.79 Å². The number of hydrogen-bond acceptors (Lipinski definition) is 8. The van der Waals surface area contributed by atoms with Gasteiger partial charge in [-0.25, -0.2) is 9.78 Å². The second-order valence-corrected chi connectivity index (χ2v) is 10.1. The zero-order chi connectivity index (χ0) is 24.3. The lowest BCUT2D eigenvalue weighted by Gasteiger charge is -2.40. The highest BCUT2D eigenvalue weighted by Gasteiger charge is 2.32. The van der Waals surface area contributed by atoms with Gasteiger partial charge in [0.15, 0.2) is 0 Å². The lowest BCUT2D eigenvalue weighted by Crippen LogP contribution is -2.55. The first kappa shape index (κ1) is 24.2. The molecule has 0 radical (unpaired) electrons. The molecule has 0 spiro atoms. The molecule has 9 heteroatoms. The molecule has 2 unspecified atom stereocenters. The number of carbonyl (C=O) groups is 1. The van der Waals surface area contributed by atoms with Crippen molar-refractivity contribution in [2.24, 2.45) is 0 Å². The zero-order valence-electron chi connectivity index (χ0n) is 20.9. The van der Waals surface area contributed by atoms with Crippen LogP contribution in [0.1, 0.15) is 51.6 Å². The summed E-state index contributed by atoms with van der Waals surface area (Å²) in [5, 5.41) is 3.58. The van der Waals surface area contributed by atoms with Crippen molar-refractivity contribution in [3.63, 3.8) is 0 Å². The second kappa shape index (κ2) is 10.1. The molecule has 2 aromatic heterocycles. The number of pyridine rings is 1. The van der Waals surface area contributed by atoms with Crippen LogP contribution in [0.15, 0.2) is 24.4 Å². The fraction of sp³-hybridized carbons (Fsp3) is 0.600.